The minimum Gasteiger partial charge on any atom is -0.391 e. The van der Waals surface area contributed by atoms with E-state index in [0.29, 0.717) is 6.04 Å². The lowest BCUT2D eigenvalue weighted by atomic mass is 9.93. The van der Waals surface area contributed by atoms with Crippen LogP contribution in [0.5, 0.6) is 0 Å². The summed E-state index contributed by atoms with van der Waals surface area (Å²) in [6, 6.07) is 0.470. The fraction of sp³-hybridized carbons (Fsp3) is 1.00. The van der Waals surface area contributed by atoms with Crippen LogP contribution in [-0.4, -0.2) is 35.2 Å². The summed E-state index contributed by atoms with van der Waals surface area (Å²) in [5.41, 5.74) is 0. The predicted octanol–water partition coefficient (Wildman–Crippen LogP) is 3.19. The van der Waals surface area contributed by atoms with Crippen molar-refractivity contribution in [1.82, 2.24) is 4.90 Å². The van der Waals surface area contributed by atoms with E-state index in [1.807, 2.05) is 0 Å². The van der Waals surface area contributed by atoms with E-state index >= 15 is 0 Å². The van der Waals surface area contributed by atoms with E-state index in [1.165, 1.54) is 64.5 Å². The van der Waals surface area contributed by atoms with E-state index in [0.717, 1.165) is 12.3 Å². The van der Waals surface area contributed by atoms with E-state index in [1.54, 1.807) is 0 Å². The summed E-state index contributed by atoms with van der Waals surface area (Å²) in [4.78, 5) is 2.59. The van der Waals surface area contributed by atoms with Crippen molar-refractivity contribution in [3.8, 4) is 0 Å². The van der Waals surface area contributed by atoms with Crippen LogP contribution >= 0.6 is 0 Å². The van der Waals surface area contributed by atoms with Gasteiger partial charge in [-0.05, 0) is 38.1 Å². The SMILES string of the molecule is CCCC1CCN(C2CCCCCCC2O)C1. The van der Waals surface area contributed by atoms with E-state index in [2.05, 4.69) is 11.8 Å². The van der Waals surface area contributed by atoms with E-state index in [4.69, 9.17) is 0 Å². The zero-order valence-corrected chi connectivity index (χ0v) is 11.4. The molecule has 1 heterocycles. The summed E-state index contributed by atoms with van der Waals surface area (Å²) in [6.07, 6.45) is 11.5. The van der Waals surface area contributed by atoms with Crippen LogP contribution < -0.4 is 0 Å². The Morgan fingerprint density at radius 2 is 1.82 bits per heavy atom. The molecule has 0 aromatic rings. The molecule has 100 valence electrons. The maximum absolute atomic E-state index is 10.3. The molecule has 17 heavy (non-hydrogen) atoms. The number of likely N-dealkylation sites (tertiary alicyclic amines) is 1. The first-order valence-corrected chi connectivity index (χ1v) is 7.73. The normalized spacial score (nSPS) is 36.7. The number of aliphatic hydroxyl groups is 1. The molecular weight excluding hydrogens is 210 g/mol. The molecule has 1 aliphatic carbocycles. The number of hydrogen-bond acceptors (Lipinski definition) is 2. The van der Waals surface area contributed by atoms with Crippen LogP contribution in [0.25, 0.3) is 0 Å². The molecule has 0 spiro atoms. The van der Waals surface area contributed by atoms with Crippen LogP contribution in [0.3, 0.4) is 0 Å². The Hall–Kier alpha value is -0.0800. The molecule has 2 rings (SSSR count). The lowest BCUT2D eigenvalue weighted by Crippen LogP contribution is -2.43. The van der Waals surface area contributed by atoms with Gasteiger partial charge >= 0.3 is 0 Å². The van der Waals surface area contributed by atoms with Crippen molar-refractivity contribution in [2.75, 3.05) is 13.1 Å². The zero-order valence-electron chi connectivity index (χ0n) is 11.4. The van der Waals surface area contributed by atoms with Gasteiger partial charge in [0.25, 0.3) is 0 Å². The highest BCUT2D eigenvalue weighted by atomic mass is 16.3. The van der Waals surface area contributed by atoms with E-state index in [9.17, 15) is 5.11 Å². The highest BCUT2D eigenvalue weighted by Gasteiger charge is 2.31. The monoisotopic (exact) mass is 239 g/mol. The highest BCUT2D eigenvalue weighted by molar-refractivity contribution is 4.86. The van der Waals surface area contributed by atoms with Crippen LogP contribution in [0.15, 0.2) is 0 Å². The van der Waals surface area contributed by atoms with Crippen molar-refractivity contribution >= 4 is 0 Å². The van der Waals surface area contributed by atoms with Crippen LogP contribution in [-0.2, 0) is 0 Å². The first-order valence-electron chi connectivity index (χ1n) is 7.73. The number of nitrogens with zero attached hydrogens (tertiary/aromatic N) is 1. The topological polar surface area (TPSA) is 23.5 Å². The molecule has 2 fully saturated rings. The summed E-state index contributed by atoms with van der Waals surface area (Å²) < 4.78 is 0. The quantitative estimate of drug-likeness (QED) is 0.817. The van der Waals surface area contributed by atoms with Crippen molar-refractivity contribution in [3.05, 3.63) is 0 Å². The minimum absolute atomic E-state index is 0.0596. The largest absolute Gasteiger partial charge is 0.391 e. The molecule has 0 amide bonds. The average molecular weight is 239 g/mol. The van der Waals surface area contributed by atoms with Crippen LogP contribution in [0.2, 0.25) is 0 Å². The number of hydrogen-bond donors (Lipinski definition) is 1. The van der Waals surface area contributed by atoms with Crippen molar-refractivity contribution < 1.29 is 5.11 Å². The average Bonchev–Trinajstić information content (AvgIpc) is 2.73. The third-order valence-corrected chi connectivity index (χ3v) is 4.68. The lowest BCUT2D eigenvalue weighted by Gasteiger charge is -2.33. The van der Waals surface area contributed by atoms with Crippen molar-refractivity contribution in [1.29, 1.82) is 0 Å². The predicted molar refractivity (Wildman–Crippen MR) is 72.1 cm³/mol. The third kappa shape index (κ3) is 3.69. The van der Waals surface area contributed by atoms with Crippen LogP contribution in [0, 0.1) is 5.92 Å². The third-order valence-electron chi connectivity index (χ3n) is 4.68. The van der Waals surface area contributed by atoms with Gasteiger partial charge in [-0.3, -0.25) is 4.90 Å². The maximum Gasteiger partial charge on any atom is 0.0695 e. The highest BCUT2D eigenvalue weighted by Crippen LogP contribution is 2.28. The molecule has 3 unspecified atom stereocenters. The van der Waals surface area contributed by atoms with Gasteiger partial charge in [-0.1, -0.05) is 39.0 Å². The second-order valence-electron chi connectivity index (χ2n) is 6.06. The first-order chi connectivity index (χ1) is 8.31. The Kier molecular flexibility index (Phi) is 5.30. The standard InChI is InChI=1S/C15H29NO/c1-2-7-13-10-11-16(12-13)14-8-5-3-4-6-9-15(14)17/h13-15,17H,2-12H2,1H3. The van der Waals surface area contributed by atoms with Crippen LogP contribution in [0.4, 0.5) is 0 Å². The summed E-state index contributed by atoms with van der Waals surface area (Å²) in [5.74, 6) is 0.901. The fourth-order valence-electron chi connectivity index (χ4n) is 3.68. The smallest absolute Gasteiger partial charge is 0.0695 e. The maximum atomic E-state index is 10.3. The van der Waals surface area contributed by atoms with Gasteiger partial charge in [-0.15, -0.1) is 0 Å². The second-order valence-corrected chi connectivity index (χ2v) is 6.06. The van der Waals surface area contributed by atoms with E-state index in [-0.39, 0.29) is 6.10 Å². The molecular formula is C15H29NO. The Labute approximate surface area is 106 Å². The van der Waals surface area contributed by atoms with Gasteiger partial charge < -0.3 is 5.11 Å². The summed E-state index contributed by atoms with van der Waals surface area (Å²) in [5, 5.41) is 10.3. The molecule has 3 atom stereocenters. The Morgan fingerprint density at radius 3 is 2.59 bits per heavy atom. The molecule has 1 N–H and O–H groups in total. The zero-order chi connectivity index (χ0) is 12.1. The Balaban J connectivity index is 1.86. The summed E-state index contributed by atoms with van der Waals surface area (Å²) >= 11 is 0. The molecule has 1 saturated carbocycles. The number of aliphatic hydroxyl groups excluding tert-OH is 1. The van der Waals surface area contributed by atoms with Crippen LogP contribution in [0.1, 0.15) is 64.7 Å². The van der Waals surface area contributed by atoms with Gasteiger partial charge in [-0.2, -0.15) is 0 Å². The molecule has 0 aromatic carbocycles. The molecule has 2 heteroatoms. The Morgan fingerprint density at radius 1 is 1.06 bits per heavy atom. The van der Waals surface area contributed by atoms with Crippen molar-refractivity contribution in [2.45, 2.75) is 76.9 Å². The molecule has 1 saturated heterocycles. The van der Waals surface area contributed by atoms with Gasteiger partial charge in [0.1, 0.15) is 0 Å². The minimum atomic E-state index is -0.0596. The van der Waals surface area contributed by atoms with E-state index < -0.39 is 0 Å². The summed E-state index contributed by atoms with van der Waals surface area (Å²) in [7, 11) is 0. The van der Waals surface area contributed by atoms with Crippen molar-refractivity contribution in [2.24, 2.45) is 5.92 Å². The molecule has 1 aliphatic heterocycles. The van der Waals surface area contributed by atoms with Gasteiger partial charge in [0.2, 0.25) is 0 Å². The lowest BCUT2D eigenvalue weighted by molar-refractivity contribution is 0.0411. The molecule has 0 radical (unpaired) electrons. The fourth-order valence-corrected chi connectivity index (χ4v) is 3.68. The van der Waals surface area contributed by atoms with Gasteiger partial charge in [-0.25, -0.2) is 0 Å². The molecule has 2 aliphatic rings. The Bertz CT molecular complexity index is 219. The van der Waals surface area contributed by atoms with Gasteiger partial charge in [0.05, 0.1) is 6.10 Å². The summed E-state index contributed by atoms with van der Waals surface area (Å²) in [6.45, 7) is 4.76. The number of rotatable bonds is 3. The van der Waals surface area contributed by atoms with Gasteiger partial charge in [0.15, 0.2) is 0 Å². The molecule has 0 aromatic heterocycles. The second kappa shape index (κ2) is 6.75. The van der Waals surface area contributed by atoms with Crippen molar-refractivity contribution in [3.63, 3.8) is 0 Å². The van der Waals surface area contributed by atoms with Gasteiger partial charge in [0, 0.05) is 12.6 Å². The molecule has 0 bridgehead atoms. The first kappa shape index (κ1) is 13.4. The molecule has 2 nitrogen and oxygen atoms in total.